The standard InChI is InChI=1S/C64H46N4Si/c1-45-21-19-26-48(41-45)49-38-40-60-58(43-49)57-35-17-18-36-59(57)68(60)61-44-51(64-66-62(46-22-7-2-8-23-46)65-63(67-64)47-24-9-3-10-25-47)37-39-56(61)50-27-20-34-55(42-50)69(52-28-11-4-12-29-52,53-30-13-5-14-31-53)54-32-15-6-16-33-54/h2-44H,1H3. The summed E-state index contributed by atoms with van der Waals surface area (Å²) < 4.78 is 2.45. The lowest BCUT2D eigenvalue weighted by atomic mass is 10.00. The normalized spacial score (nSPS) is 11.6. The van der Waals surface area contributed by atoms with Crippen LogP contribution in [0.4, 0.5) is 0 Å². The number of hydrogen-bond acceptors (Lipinski definition) is 3. The fourth-order valence-electron chi connectivity index (χ4n) is 10.3. The Labute approximate surface area is 403 Å². The molecule has 0 aliphatic carbocycles. The molecule has 0 saturated carbocycles. The highest BCUT2D eigenvalue weighted by molar-refractivity contribution is 7.19. The first-order valence-electron chi connectivity index (χ1n) is 23.5. The van der Waals surface area contributed by atoms with Gasteiger partial charge in [-0.15, -0.1) is 0 Å². The van der Waals surface area contributed by atoms with Gasteiger partial charge in [-0.1, -0.05) is 242 Å². The molecule has 0 atom stereocenters. The summed E-state index contributed by atoms with van der Waals surface area (Å²) in [5.41, 5.74) is 11.9. The van der Waals surface area contributed by atoms with Gasteiger partial charge in [0.15, 0.2) is 25.5 Å². The lowest BCUT2D eigenvalue weighted by Crippen LogP contribution is -2.74. The Morgan fingerprint density at radius 2 is 0.754 bits per heavy atom. The Morgan fingerprint density at radius 3 is 1.35 bits per heavy atom. The number of para-hydroxylation sites is 1. The summed E-state index contributed by atoms with van der Waals surface area (Å²) in [7, 11) is -2.85. The third-order valence-corrected chi connectivity index (χ3v) is 18.2. The van der Waals surface area contributed by atoms with Gasteiger partial charge < -0.3 is 4.57 Å². The Balaban J connectivity index is 1.13. The van der Waals surface area contributed by atoms with Gasteiger partial charge in [0, 0.05) is 33.0 Å². The summed E-state index contributed by atoms with van der Waals surface area (Å²) in [6.07, 6.45) is 0. The highest BCUT2D eigenvalue weighted by Gasteiger charge is 2.41. The first kappa shape index (κ1) is 41.6. The molecule has 0 unspecified atom stereocenters. The molecule has 0 saturated heterocycles. The molecule has 2 heterocycles. The van der Waals surface area contributed by atoms with Crippen LogP contribution in [0.1, 0.15) is 5.56 Å². The largest absolute Gasteiger partial charge is 0.309 e. The molecule has 12 rings (SSSR count). The Hall–Kier alpha value is -8.77. The number of hydrogen-bond donors (Lipinski definition) is 0. The molecule has 10 aromatic carbocycles. The van der Waals surface area contributed by atoms with E-state index in [1.165, 1.54) is 48.2 Å². The average Bonchev–Trinajstić information content (AvgIpc) is 3.76. The lowest BCUT2D eigenvalue weighted by Gasteiger charge is -2.34. The van der Waals surface area contributed by atoms with E-state index in [2.05, 4.69) is 236 Å². The summed E-state index contributed by atoms with van der Waals surface area (Å²) in [4.78, 5) is 15.5. The van der Waals surface area contributed by atoms with Gasteiger partial charge in [-0.3, -0.25) is 0 Å². The molecule has 326 valence electrons. The van der Waals surface area contributed by atoms with Crippen molar-refractivity contribution in [1.29, 1.82) is 0 Å². The zero-order valence-electron chi connectivity index (χ0n) is 38.1. The van der Waals surface area contributed by atoms with Crippen molar-refractivity contribution >= 4 is 50.6 Å². The Morgan fingerprint density at radius 1 is 0.304 bits per heavy atom. The van der Waals surface area contributed by atoms with E-state index in [1.54, 1.807) is 0 Å². The van der Waals surface area contributed by atoms with E-state index >= 15 is 0 Å². The molecule has 0 amide bonds. The smallest absolute Gasteiger partial charge is 0.179 e. The summed E-state index contributed by atoms with van der Waals surface area (Å²) in [5, 5.41) is 7.69. The number of aromatic nitrogens is 4. The quantitative estimate of drug-likeness (QED) is 0.101. The van der Waals surface area contributed by atoms with Crippen LogP contribution in [-0.2, 0) is 0 Å². The number of fused-ring (bicyclic) bond motifs is 3. The molecule has 0 fully saturated rings. The van der Waals surface area contributed by atoms with Crippen LogP contribution >= 0.6 is 0 Å². The van der Waals surface area contributed by atoms with Crippen LogP contribution in [0.25, 0.3) is 83.9 Å². The van der Waals surface area contributed by atoms with Gasteiger partial charge in [0.25, 0.3) is 0 Å². The van der Waals surface area contributed by atoms with Gasteiger partial charge in [-0.05, 0) is 68.6 Å². The summed E-state index contributed by atoms with van der Waals surface area (Å²) in [6, 6.07) is 94.4. The van der Waals surface area contributed by atoms with Gasteiger partial charge in [-0.25, -0.2) is 15.0 Å². The molecule has 0 aliphatic heterocycles. The van der Waals surface area contributed by atoms with Gasteiger partial charge in [0.1, 0.15) is 0 Å². The maximum atomic E-state index is 5.22. The molecule has 4 nitrogen and oxygen atoms in total. The molecule has 0 spiro atoms. The van der Waals surface area contributed by atoms with Crippen molar-refractivity contribution in [2.75, 3.05) is 0 Å². The molecular weight excluding hydrogens is 853 g/mol. The fourth-order valence-corrected chi connectivity index (χ4v) is 15.1. The first-order chi connectivity index (χ1) is 34.1. The highest BCUT2D eigenvalue weighted by atomic mass is 28.3. The zero-order valence-corrected chi connectivity index (χ0v) is 39.1. The maximum Gasteiger partial charge on any atom is 0.179 e. The van der Waals surface area contributed by atoms with Gasteiger partial charge >= 0.3 is 0 Å². The van der Waals surface area contributed by atoms with E-state index in [4.69, 9.17) is 15.0 Å². The monoisotopic (exact) mass is 898 g/mol. The minimum atomic E-state index is -2.85. The third-order valence-electron chi connectivity index (χ3n) is 13.4. The van der Waals surface area contributed by atoms with Crippen LogP contribution in [0.5, 0.6) is 0 Å². The second-order valence-corrected chi connectivity index (χ2v) is 21.5. The fraction of sp³-hybridized carbons (Fsp3) is 0.0156. The van der Waals surface area contributed by atoms with Crippen molar-refractivity contribution in [3.05, 3.63) is 266 Å². The predicted octanol–water partition coefficient (Wildman–Crippen LogP) is 13.0. The second-order valence-electron chi connectivity index (χ2n) is 17.7. The van der Waals surface area contributed by atoms with Gasteiger partial charge in [0.2, 0.25) is 0 Å². The van der Waals surface area contributed by atoms with Crippen LogP contribution < -0.4 is 20.7 Å². The van der Waals surface area contributed by atoms with E-state index in [1.807, 2.05) is 36.4 Å². The molecule has 69 heavy (non-hydrogen) atoms. The molecule has 0 radical (unpaired) electrons. The van der Waals surface area contributed by atoms with E-state index in [0.29, 0.717) is 17.5 Å². The van der Waals surface area contributed by atoms with Gasteiger partial charge in [-0.2, -0.15) is 0 Å². The number of aryl methyl sites for hydroxylation is 1. The van der Waals surface area contributed by atoms with Crippen LogP contribution in [-0.4, -0.2) is 27.6 Å². The summed E-state index contributed by atoms with van der Waals surface area (Å²) in [6.45, 7) is 2.15. The van der Waals surface area contributed by atoms with Crippen molar-refractivity contribution in [1.82, 2.24) is 19.5 Å². The van der Waals surface area contributed by atoms with Crippen molar-refractivity contribution in [3.63, 3.8) is 0 Å². The summed E-state index contributed by atoms with van der Waals surface area (Å²) in [5.74, 6) is 1.86. The molecule has 12 aromatic rings. The molecule has 2 aromatic heterocycles. The second kappa shape index (κ2) is 17.8. The van der Waals surface area contributed by atoms with E-state index < -0.39 is 8.07 Å². The van der Waals surface area contributed by atoms with E-state index in [-0.39, 0.29) is 0 Å². The minimum absolute atomic E-state index is 0.607. The van der Waals surface area contributed by atoms with E-state index in [9.17, 15) is 0 Å². The molecular formula is C64H46N4Si. The van der Waals surface area contributed by atoms with Crippen LogP contribution in [0.15, 0.2) is 261 Å². The summed E-state index contributed by atoms with van der Waals surface area (Å²) >= 11 is 0. The number of benzene rings is 10. The average molecular weight is 899 g/mol. The zero-order chi connectivity index (χ0) is 46.2. The van der Waals surface area contributed by atoms with E-state index in [0.717, 1.165) is 44.5 Å². The Bertz CT molecular complexity index is 3620. The molecule has 0 aliphatic rings. The Kier molecular flexibility index (Phi) is 10.7. The van der Waals surface area contributed by atoms with Crippen molar-refractivity contribution < 1.29 is 0 Å². The molecule has 0 N–H and O–H groups in total. The SMILES string of the molecule is Cc1cccc(-c2ccc3c(c2)c2ccccc2n3-c2cc(-c3nc(-c4ccccc4)nc(-c4ccccc4)n3)ccc2-c2cccc([Si](c3ccccc3)(c3ccccc3)c3ccccc3)c2)c1. The first-order valence-corrected chi connectivity index (χ1v) is 25.5. The van der Waals surface area contributed by atoms with Crippen LogP contribution in [0.2, 0.25) is 0 Å². The number of rotatable bonds is 10. The van der Waals surface area contributed by atoms with Crippen molar-refractivity contribution in [2.45, 2.75) is 6.92 Å². The van der Waals surface area contributed by atoms with Crippen molar-refractivity contribution in [2.24, 2.45) is 0 Å². The van der Waals surface area contributed by atoms with Crippen LogP contribution in [0, 0.1) is 6.92 Å². The van der Waals surface area contributed by atoms with Crippen molar-refractivity contribution in [3.8, 4) is 62.1 Å². The number of nitrogens with zero attached hydrogens (tertiary/aromatic N) is 4. The molecule has 5 heteroatoms. The van der Waals surface area contributed by atoms with Gasteiger partial charge in [0.05, 0.1) is 16.7 Å². The highest BCUT2D eigenvalue weighted by Crippen LogP contribution is 2.40. The lowest BCUT2D eigenvalue weighted by molar-refractivity contribution is 1.07. The topological polar surface area (TPSA) is 43.6 Å². The van der Waals surface area contributed by atoms with Crippen LogP contribution in [0.3, 0.4) is 0 Å². The predicted molar refractivity (Wildman–Crippen MR) is 290 cm³/mol. The third kappa shape index (κ3) is 7.56. The molecule has 0 bridgehead atoms. The maximum absolute atomic E-state index is 5.22. The minimum Gasteiger partial charge on any atom is -0.309 e.